The Hall–Kier alpha value is -1.44. The minimum Gasteiger partial charge on any atom is -0.492 e. The lowest BCUT2D eigenvalue weighted by Gasteiger charge is -2.08. The third-order valence-corrected chi connectivity index (χ3v) is 4.88. The van der Waals surface area contributed by atoms with Crippen molar-refractivity contribution in [3.63, 3.8) is 0 Å². The molecule has 0 unspecified atom stereocenters. The van der Waals surface area contributed by atoms with Crippen molar-refractivity contribution in [2.75, 3.05) is 12.4 Å². The summed E-state index contributed by atoms with van der Waals surface area (Å²) in [6.45, 7) is 0.549. The van der Waals surface area contributed by atoms with Crippen molar-refractivity contribution in [1.82, 2.24) is 14.8 Å². The molecule has 0 spiro atoms. The summed E-state index contributed by atoms with van der Waals surface area (Å²) < 4.78 is 13.8. The molecule has 1 aromatic carbocycles. The zero-order valence-corrected chi connectivity index (χ0v) is 15.4. The quantitative estimate of drug-likeness (QED) is 0.434. The third-order valence-electron chi connectivity index (χ3n) is 3.04. The first-order valence-corrected chi connectivity index (χ1v) is 8.94. The fourth-order valence-corrected chi connectivity index (χ4v) is 3.46. The molecule has 0 bridgehead atoms. The topological polar surface area (TPSA) is 53.1 Å². The second-order valence-corrected chi connectivity index (χ2v) is 6.97. The number of hydrogen-bond acceptors (Lipinski definition) is 5. The monoisotopic (exact) mass is 413 g/mol. The summed E-state index contributed by atoms with van der Waals surface area (Å²) in [5.41, 5.74) is 0. The molecule has 2 heterocycles. The van der Waals surface area contributed by atoms with Crippen LogP contribution >= 0.6 is 39.3 Å². The van der Waals surface area contributed by atoms with Crippen LogP contribution in [0.5, 0.6) is 5.75 Å². The van der Waals surface area contributed by atoms with Gasteiger partial charge in [-0.05, 0) is 46.3 Å². The Balaban J connectivity index is 1.55. The minimum absolute atomic E-state index is 0.549. The average Bonchev–Trinajstić information content (AvgIpc) is 3.15. The Labute approximate surface area is 151 Å². The predicted octanol–water partition coefficient (Wildman–Crippen LogP) is 4.66. The number of benzene rings is 1. The van der Waals surface area contributed by atoms with Crippen LogP contribution in [0.3, 0.4) is 0 Å². The number of aromatic nitrogens is 3. The summed E-state index contributed by atoms with van der Waals surface area (Å²) >= 11 is 10.9. The summed E-state index contributed by atoms with van der Waals surface area (Å²) in [4.78, 5) is 0. The SMILES string of the molecule is Cn1c(SCCOc2ccc(Cl)cc2Br)nnc1-c1ccco1. The van der Waals surface area contributed by atoms with E-state index in [0.29, 0.717) is 23.2 Å². The summed E-state index contributed by atoms with van der Waals surface area (Å²) in [7, 11) is 1.91. The van der Waals surface area contributed by atoms with Crippen LogP contribution < -0.4 is 4.74 Å². The Morgan fingerprint density at radius 3 is 2.96 bits per heavy atom. The summed E-state index contributed by atoms with van der Waals surface area (Å²) in [5.74, 6) is 2.93. The molecule has 0 fully saturated rings. The normalized spacial score (nSPS) is 10.9. The molecular weight excluding hydrogens is 402 g/mol. The number of furan rings is 1. The van der Waals surface area contributed by atoms with Crippen molar-refractivity contribution in [2.24, 2.45) is 7.05 Å². The Morgan fingerprint density at radius 2 is 2.22 bits per heavy atom. The molecule has 0 N–H and O–H groups in total. The first-order valence-electron chi connectivity index (χ1n) is 6.79. The second kappa shape index (κ2) is 7.42. The highest BCUT2D eigenvalue weighted by Gasteiger charge is 2.13. The summed E-state index contributed by atoms with van der Waals surface area (Å²) in [5, 5.41) is 9.82. The molecule has 0 aliphatic heterocycles. The van der Waals surface area contributed by atoms with Gasteiger partial charge in [-0.3, -0.25) is 0 Å². The molecular formula is C15H13BrClN3O2S. The van der Waals surface area contributed by atoms with E-state index in [9.17, 15) is 0 Å². The first-order chi connectivity index (χ1) is 11.1. The Bertz CT molecular complexity index is 792. The molecule has 0 radical (unpaired) electrons. The van der Waals surface area contributed by atoms with Crippen LogP contribution in [0.15, 0.2) is 50.6 Å². The van der Waals surface area contributed by atoms with Gasteiger partial charge in [0, 0.05) is 17.8 Å². The first kappa shape index (κ1) is 16.4. The number of hydrogen-bond donors (Lipinski definition) is 0. The van der Waals surface area contributed by atoms with Gasteiger partial charge < -0.3 is 13.7 Å². The highest BCUT2D eigenvalue weighted by molar-refractivity contribution is 9.10. The lowest BCUT2D eigenvalue weighted by molar-refractivity contribution is 0.341. The molecule has 0 atom stereocenters. The van der Waals surface area contributed by atoms with Gasteiger partial charge in [0.05, 0.1) is 17.3 Å². The molecule has 0 amide bonds. The fraction of sp³-hybridized carbons (Fsp3) is 0.200. The molecule has 3 rings (SSSR count). The second-order valence-electron chi connectivity index (χ2n) is 4.61. The smallest absolute Gasteiger partial charge is 0.200 e. The van der Waals surface area contributed by atoms with Gasteiger partial charge in [-0.2, -0.15) is 0 Å². The van der Waals surface area contributed by atoms with Crippen LogP contribution in [-0.2, 0) is 7.05 Å². The molecule has 120 valence electrons. The molecule has 3 aromatic rings. The highest BCUT2D eigenvalue weighted by atomic mass is 79.9. The minimum atomic E-state index is 0.549. The standard InChI is InChI=1S/C15H13BrClN3O2S/c1-20-14(13-3-2-6-21-13)18-19-15(20)23-8-7-22-12-5-4-10(17)9-11(12)16/h2-6,9H,7-8H2,1H3. The van der Waals surface area contributed by atoms with E-state index < -0.39 is 0 Å². The van der Waals surface area contributed by atoms with Crippen molar-refractivity contribution in [1.29, 1.82) is 0 Å². The van der Waals surface area contributed by atoms with E-state index in [0.717, 1.165) is 21.1 Å². The highest BCUT2D eigenvalue weighted by Crippen LogP contribution is 2.28. The molecule has 8 heteroatoms. The maximum absolute atomic E-state index is 5.91. The molecule has 0 saturated carbocycles. The van der Waals surface area contributed by atoms with E-state index in [4.69, 9.17) is 20.8 Å². The molecule has 5 nitrogen and oxygen atoms in total. The number of ether oxygens (including phenoxy) is 1. The van der Waals surface area contributed by atoms with Crippen LogP contribution in [0.1, 0.15) is 0 Å². The van der Waals surface area contributed by atoms with E-state index >= 15 is 0 Å². The van der Waals surface area contributed by atoms with Crippen LogP contribution in [0.2, 0.25) is 5.02 Å². The molecule has 2 aromatic heterocycles. The van der Waals surface area contributed by atoms with Crippen LogP contribution in [0.25, 0.3) is 11.6 Å². The molecule has 0 aliphatic rings. The van der Waals surface area contributed by atoms with Gasteiger partial charge in [0.1, 0.15) is 5.75 Å². The maximum Gasteiger partial charge on any atom is 0.200 e. The Morgan fingerprint density at radius 1 is 1.35 bits per heavy atom. The van der Waals surface area contributed by atoms with Gasteiger partial charge in [-0.15, -0.1) is 10.2 Å². The van der Waals surface area contributed by atoms with E-state index in [-0.39, 0.29) is 0 Å². The van der Waals surface area contributed by atoms with Crippen molar-refractivity contribution < 1.29 is 9.15 Å². The number of rotatable bonds is 6. The zero-order chi connectivity index (χ0) is 16.2. The van der Waals surface area contributed by atoms with Crippen molar-refractivity contribution in [3.05, 3.63) is 46.1 Å². The van der Waals surface area contributed by atoms with Crippen LogP contribution in [0, 0.1) is 0 Å². The van der Waals surface area contributed by atoms with Crippen molar-refractivity contribution in [2.45, 2.75) is 5.16 Å². The van der Waals surface area contributed by atoms with Gasteiger partial charge in [-0.1, -0.05) is 23.4 Å². The zero-order valence-electron chi connectivity index (χ0n) is 12.2. The summed E-state index contributed by atoms with van der Waals surface area (Å²) in [6, 6.07) is 9.14. The fourth-order valence-electron chi connectivity index (χ4n) is 1.94. The average molecular weight is 415 g/mol. The van der Waals surface area contributed by atoms with E-state index in [1.807, 2.05) is 35.9 Å². The third kappa shape index (κ3) is 3.91. The van der Waals surface area contributed by atoms with Gasteiger partial charge in [0.15, 0.2) is 16.7 Å². The van der Waals surface area contributed by atoms with E-state index in [1.54, 1.807) is 24.1 Å². The van der Waals surface area contributed by atoms with Gasteiger partial charge in [0.25, 0.3) is 0 Å². The van der Waals surface area contributed by atoms with Crippen molar-refractivity contribution in [3.8, 4) is 17.3 Å². The predicted molar refractivity (Wildman–Crippen MR) is 94.1 cm³/mol. The van der Waals surface area contributed by atoms with E-state index in [2.05, 4.69) is 26.1 Å². The number of nitrogens with zero attached hydrogens (tertiary/aromatic N) is 3. The lowest BCUT2D eigenvalue weighted by Crippen LogP contribution is -2.02. The molecule has 23 heavy (non-hydrogen) atoms. The van der Waals surface area contributed by atoms with Crippen LogP contribution in [-0.4, -0.2) is 27.1 Å². The van der Waals surface area contributed by atoms with Gasteiger partial charge in [-0.25, -0.2) is 0 Å². The lowest BCUT2D eigenvalue weighted by atomic mass is 10.3. The number of thioether (sulfide) groups is 1. The van der Waals surface area contributed by atoms with E-state index in [1.165, 1.54) is 0 Å². The Kier molecular flexibility index (Phi) is 5.30. The number of halogens is 2. The maximum atomic E-state index is 5.91. The van der Waals surface area contributed by atoms with Crippen LogP contribution in [0.4, 0.5) is 0 Å². The summed E-state index contributed by atoms with van der Waals surface area (Å²) in [6.07, 6.45) is 1.62. The van der Waals surface area contributed by atoms with Gasteiger partial charge in [0.2, 0.25) is 0 Å². The molecule has 0 saturated heterocycles. The molecule has 0 aliphatic carbocycles. The largest absolute Gasteiger partial charge is 0.492 e. The van der Waals surface area contributed by atoms with Crippen molar-refractivity contribution >= 4 is 39.3 Å². The van der Waals surface area contributed by atoms with Gasteiger partial charge >= 0.3 is 0 Å².